The van der Waals surface area contributed by atoms with Gasteiger partial charge in [-0.2, -0.15) is 0 Å². The summed E-state index contributed by atoms with van der Waals surface area (Å²) >= 11 is 4.63. The molecule has 1 rings (SSSR count). The van der Waals surface area contributed by atoms with E-state index in [1.165, 1.54) is 23.9 Å². The van der Waals surface area contributed by atoms with E-state index in [4.69, 9.17) is 10.5 Å². The third-order valence-electron chi connectivity index (χ3n) is 2.59. The monoisotopic (exact) mass is 363 g/mol. The van der Waals surface area contributed by atoms with E-state index < -0.39 is 5.82 Å². The van der Waals surface area contributed by atoms with Crippen molar-refractivity contribution in [3.05, 3.63) is 22.4 Å². The van der Waals surface area contributed by atoms with E-state index in [0.717, 1.165) is 11.3 Å². The summed E-state index contributed by atoms with van der Waals surface area (Å²) in [7, 11) is 0. The first-order valence-electron chi connectivity index (χ1n) is 6.44. The molecule has 1 unspecified atom stereocenters. The van der Waals surface area contributed by atoms with Crippen molar-refractivity contribution in [2.45, 2.75) is 37.3 Å². The quantitative estimate of drug-likeness (QED) is 0.466. The molecule has 0 spiro atoms. The second-order valence-corrected chi connectivity index (χ2v) is 6.79. The van der Waals surface area contributed by atoms with Crippen LogP contribution in [0.2, 0.25) is 0 Å². The van der Waals surface area contributed by atoms with E-state index in [1.807, 2.05) is 20.8 Å². The van der Waals surface area contributed by atoms with Gasteiger partial charge in [0.15, 0.2) is 0 Å². The summed E-state index contributed by atoms with van der Waals surface area (Å²) < 4.78 is 19.1. The minimum absolute atomic E-state index is 0.0696. The lowest BCUT2D eigenvalue weighted by atomic mass is 10.1. The van der Waals surface area contributed by atoms with Crippen LogP contribution in [0.1, 0.15) is 27.2 Å². The molecule has 0 aliphatic carbocycles. The first-order valence-corrected chi connectivity index (χ1v) is 8.11. The van der Waals surface area contributed by atoms with Gasteiger partial charge in [-0.3, -0.25) is 4.79 Å². The summed E-state index contributed by atoms with van der Waals surface area (Å²) in [6.07, 6.45) is 0.786. The second-order valence-electron chi connectivity index (χ2n) is 4.75. The zero-order valence-electron chi connectivity index (χ0n) is 11.8. The van der Waals surface area contributed by atoms with Crippen LogP contribution in [0.4, 0.5) is 10.1 Å². The van der Waals surface area contributed by atoms with E-state index in [9.17, 15) is 9.18 Å². The van der Waals surface area contributed by atoms with Gasteiger partial charge in [-0.25, -0.2) is 4.39 Å². The van der Waals surface area contributed by atoms with Crippen molar-refractivity contribution >= 4 is 39.3 Å². The summed E-state index contributed by atoms with van der Waals surface area (Å²) in [5.41, 5.74) is 5.64. The first-order chi connectivity index (χ1) is 9.36. The number of benzene rings is 1. The Bertz CT molecular complexity index is 482. The van der Waals surface area contributed by atoms with Gasteiger partial charge in [-0.15, -0.1) is 11.8 Å². The smallest absolute Gasteiger partial charge is 0.319 e. The van der Waals surface area contributed by atoms with Crippen molar-refractivity contribution in [2.75, 3.05) is 12.3 Å². The van der Waals surface area contributed by atoms with Crippen LogP contribution in [0.3, 0.4) is 0 Å². The van der Waals surface area contributed by atoms with Crippen LogP contribution < -0.4 is 5.73 Å². The van der Waals surface area contributed by atoms with Crippen LogP contribution in [0.15, 0.2) is 21.5 Å². The Morgan fingerprint density at radius 1 is 1.50 bits per heavy atom. The summed E-state index contributed by atoms with van der Waals surface area (Å²) in [5.74, 6) is -0.625. The Morgan fingerprint density at radius 2 is 2.15 bits per heavy atom. The van der Waals surface area contributed by atoms with Crippen LogP contribution in [0.25, 0.3) is 0 Å². The molecule has 0 aliphatic heterocycles. The van der Waals surface area contributed by atoms with Crippen LogP contribution in [0.5, 0.6) is 0 Å². The second kappa shape index (κ2) is 7.88. The Morgan fingerprint density at radius 3 is 2.70 bits per heavy atom. The number of carbonyl (C=O) groups excluding carboxylic acids is 1. The summed E-state index contributed by atoms with van der Waals surface area (Å²) in [5, 5.41) is -0.345. The molecule has 3 nitrogen and oxygen atoms in total. The minimum atomic E-state index is -0.476. The van der Waals surface area contributed by atoms with Gasteiger partial charge in [-0.05, 0) is 40.4 Å². The molecule has 0 heterocycles. The first kappa shape index (κ1) is 17.3. The molecule has 0 aliphatic rings. The highest BCUT2D eigenvalue weighted by Gasteiger charge is 2.26. The van der Waals surface area contributed by atoms with Crippen LogP contribution in [-0.4, -0.2) is 17.8 Å². The van der Waals surface area contributed by atoms with Crippen LogP contribution in [-0.2, 0) is 9.53 Å². The van der Waals surface area contributed by atoms with Crippen molar-refractivity contribution in [3.8, 4) is 0 Å². The predicted molar refractivity (Wildman–Crippen MR) is 84.2 cm³/mol. The Balaban J connectivity index is 2.91. The zero-order valence-corrected chi connectivity index (χ0v) is 14.2. The van der Waals surface area contributed by atoms with Crippen LogP contribution in [0, 0.1) is 11.7 Å². The van der Waals surface area contributed by atoms with Gasteiger partial charge in [0.25, 0.3) is 0 Å². The number of hydrogen-bond donors (Lipinski definition) is 1. The third kappa shape index (κ3) is 4.66. The lowest BCUT2D eigenvalue weighted by molar-refractivity contribution is -0.143. The van der Waals surface area contributed by atoms with Crippen LogP contribution >= 0.6 is 27.7 Å². The molecule has 1 aromatic carbocycles. The molecule has 1 aromatic rings. The maximum atomic E-state index is 13.3. The molecule has 20 heavy (non-hydrogen) atoms. The molecule has 0 saturated carbocycles. The number of nitrogens with two attached hydrogens (primary N) is 1. The van der Waals surface area contributed by atoms with Gasteiger partial charge in [0.1, 0.15) is 11.1 Å². The summed E-state index contributed by atoms with van der Waals surface area (Å²) in [4.78, 5) is 12.8. The van der Waals surface area contributed by atoms with Crippen molar-refractivity contribution in [2.24, 2.45) is 5.92 Å². The number of esters is 1. The summed E-state index contributed by atoms with van der Waals surface area (Å²) in [6.45, 7) is 6.26. The molecule has 112 valence electrons. The Labute approximate surface area is 131 Å². The highest BCUT2D eigenvalue weighted by Crippen LogP contribution is 2.36. The van der Waals surface area contributed by atoms with E-state index in [-0.39, 0.29) is 22.8 Å². The minimum Gasteiger partial charge on any atom is -0.465 e. The molecule has 2 N–H and O–H groups in total. The number of thioether (sulfide) groups is 1. The predicted octanol–water partition coefficient (Wildman–Crippen LogP) is 4.24. The number of ether oxygens (including phenoxy) is 1. The molecular formula is C14H19BrFNO2S. The fraction of sp³-hybridized carbons (Fsp3) is 0.500. The van der Waals surface area contributed by atoms with Crippen molar-refractivity contribution in [1.29, 1.82) is 0 Å². The van der Waals surface area contributed by atoms with Gasteiger partial charge in [-0.1, -0.05) is 20.8 Å². The van der Waals surface area contributed by atoms with E-state index in [1.54, 1.807) is 0 Å². The molecule has 0 fully saturated rings. The summed E-state index contributed by atoms with van der Waals surface area (Å²) in [6, 6.07) is 2.85. The average Bonchev–Trinajstić information content (AvgIpc) is 2.38. The van der Waals surface area contributed by atoms with E-state index >= 15 is 0 Å². The number of halogens is 2. The Kier molecular flexibility index (Phi) is 6.82. The van der Waals surface area contributed by atoms with Crippen molar-refractivity contribution < 1.29 is 13.9 Å². The molecular weight excluding hydrogens is 345 g/mol. The van der Waals surface area contributed by atoms with E-state index in [0.29, 0.717) is 11.1 Å². The molecule has 0 aromatic heterocycles. The fourth-order valence-corrected chi connectivity index (χ4v) is 3.19. The number of anilines is 1. The Hall–Kier alpha value is -0.750. The topological polar surface area (TPSA) is 52.3 Å². The lowest BCUT2D eigenvalue weighted by Crippen LogP contribution is -2.25. The molecule has 6 heteroatoms. The van der Waals surface area contributed by atoms with Crippen molar-refractivity contribution in [1.82, 2.24) is 0 Å². The third-order valence-corrected chi connectivity index (χ3v) is 5.09. The largest absolute Gasteiger partial charge is 0.465 e. The standard InChI is InChI=1S/C14H19BrFNO2S/c1-4-5-19-14(18)13(8(2)3)20-12-7-11(17)10(16)6-9(12)15/h6-8,13H,4-5,17H2,1-3H3. The number of nitrogen functional groups attached to an aromatic ring is 1. The zero-order chi connectivity index (χ0) is 15.3. The van der Waals surface area contributed by atoms with Gasteiger partial charge in [0.05, 0.1) is 12.3 Å². The molecule has 1 atom stereocenters. The number of hydrogen-bond acceptors (Lipinski definition) is 4. The van der Waals surface area contributed by atoms with Gasteiger partial charge >= 0.3 is 5.97 Å². The molecule has 0 amide bonds. The van der Waals surface area contributed by atoms with Gasteiger partial charge < -0.3 is 10.5 Å². The maximum absolute atomic E-state index is 13.3. The lowest BCUT2D eigenvalue weighted by Gasteiger charge is -2.19. The number of carbonyl (C=O) groups is 1. The van der Waals surface area contributed by atoms with Gasteiger partial charge in [0.2, 0.25) is 0 Å². The fourth-order valence-electron chi connectivity index (χ4n) is 1.51. The maximum Gasteiger partial charge on any atom is 0.319 e. The van der Waals surface area contributed by atoms with Gasteiger partial charge in [0, 0.05) is 9.37 Å². The number of rotatable bonds is 6. The molecule has 0 bridgehead atoms. The SMILES string of the molecule is CCCOC(=O)C(Sc1cc(N)c(F)cc1Br)C(C)C. The molecule has 0 radical (unpaired) electrons. The highest BCUT2D eigenvalue weighted by atomic mass is 79.9. The highest BCUT2D eigenvalue weighted by molar-refractivity contribution is 9.10. The average molecular weight is 364 g/mol. The van der Waals surface area contributed by atoms with E-state index in [2.05, 4.69) is 15.9 Å². The molecule has 0 saturated heterocycles. The normalized spacial score (nSPS) is 12.5. The van der Waals surface area contributed by atoms with Crippen molar-refractivity contribution in [3.63, 3.8) is 0 Å².